The second kappa shape index (κ2) is 4.34. The number of hydrogen-bond acceptors (Lipinski definition) is 2. The van der Waals surface area contributed by atoms with Crippen molar-refractivity contribution >= 4 is 16.7 Å². The van der Waals surface area contributed by atoms with E-state index in [1.165, 1.54) is 6.92 Å². The lowest BCUT2D eigenvalue weighted by molar-refractivity contribution is 0.101. The molecule has 0 saturated carbocycles. The molecule has 2 rings (SSSR count). The van der Waals surface area contributed by atoms with Gasteiger partial charge in [-0.15, -0.1) is 0 Å². The molecule has 1 aromatic heterocycles. The Hall–Kier alpha value is -1.90. The van der Waals surface area contributed by atoms with Gasteiger partial charge in [-0.2, -0.15) is 0 Å². The van der Waals surface area contributed by atoms with Crippen LogP contribution in [0.4, 0.5) is 0 Å². The van der Waals surface area contributed by atoms with Gasteiger partial charge in [-0.05, 0) is 46.8 Å². The minimum Gasteiger partial charge on any atom is -0.341 e. The van der Waals surface area contributed by atoms with Gasteiger partial charge in [0, 0.05) is 17.1 Å². The van der Waals surface area contributed by atoms with Gasteiger partial charge in [-0.25, -0.2) is 0 Å². The largest absolute Gasteiger partial charge is 0.341 e. The maximum absolute atomic E-state index is 12.4. The molecule has 0 atom stereocenters. The molecule has 3 nitrogen and oxygen atoms in total. The highest BCUT2D eigenvalue weighted by Crippen LogP contribution is 2.22. The Balaban J connectivity index is 3.01. The molecular weight excluding hydrogens is 238 g/mol. The first-order valence-electron chi connectivity index (χ1n) is 6.39. The summed E-state index contributed by atoms with van der Waals surface area (Å²) in [7, 11) is 0. The van der Waals surface area contributed by atoms with Crippen LogP contribution in [0.15, 0.2) is 29.2 Å². The molecule has 2 aromatic rings. The van der Waals surface area contributed by atoms with Crippen LogP contribution in [0.2, 0.25) is 0 Å². The summed E-state index contributed by atoms with van der Waals surface area (Å²) in [6.45, 7) is 9.55. The topological polar surface area (TPSA) is 39.1 Å². The molecule has 1 aromatic carbocycles. The quantitative estimate of drug-likeness (QED) is 0.735. The van der Waals surface area contributed by atoms with Crippen molar-refractivity contribution in [2.45, 2.75) is 40.2 Å². The summed E-state index contributed by atoms with van der Waals surface area (Å²) in [4.78, 5) is 24.0. The molecule has 0 aliphatic rings. The minimum atomic E-state index is -0.189. The third-order valence-electron chi connectivity index (χ3n) is 3.26. The van der Waals surface area contributed by atoms with Gasteiger partial charge >= 0.3 is 0 Å². The Kier molecular flexibility index (Phi) is 3.09. The fourth-order valence-electron chi connectivity index (χ4n) is 2.25. The molecule has 0 unspecified atom stereocenters. The van der Waals surface area contributed by atoms with E-state index in [1.54, 1.807) is 6.20 Å². The van der Waals surface area contributed by atoms with Crippen LogP contribution in [0.3, 0.4) is 0 Å². The third kappa shape index (κ3) is 2.33. The van der Waals surface area contributed by atoms with Gasteiger partial charge in [0.05, 0.1) is 11.1 Å². The van der Waals surface area contributed by atoms with Crippen LogP contribution < -0.4 is 5.43 Å². The van der Waals surface area contributed by atoms with E-state index >= 15 is 0 Å². The first kappa shape index (κ1) is 13.5. The van der Waals surface area contributed by atoms with E-state index in [0.717, 1.165) is 11.1 Å². The predicted octanol–water partition coefficient (Wildman–Crippen LogP) is 3.27. The van der Waals surface area contributed by atoms with E-state index < -0.39 is 0 Å². The summed E-state index contributed by atoms with van der Waals surface area (Å²) in [6, 6.07) is 5.78. The molecule has 0 aliphatic carbocycles. The highest BCUT2D eigenvalue weighted by atomic mass is 16.1. The van der Waals surface area contributed by atoms with E-state index in [4.69, 9.17) is 0 Å². The molecule has 0 aliphatic heterocycles. The van der Waals surface area contributed by atoms with E-state index in [9.17, 15) is 9.59 Å². The SMILES string of the molecule is CC(=O)c1cn(C(C)(C)C)c2ccc(C)cc2c1=O. The van der Waals surface area contributed by atoms with Crippen molar-refractivity contribution in [3.63, 3.8) is 0 Å². The smallest absolute Gasteiger partial charge is 0.200 e. The standard InChI is InChI=1S/C16H19NO2/c1-10-6-7-14-12(8-10)15(19)13(11(2)18)9-17(14)16(3,4)5/h6-9H,1-5H3. The number of carbonyl (C=O) groups is 1. The van der Waals surface area contributed by atoms with Crippen LogP contribution in [0.25, 0.3) is 10.9 Å². The van der Waals surface area contributed by atoms with Gasteiger partial charge in [-0.1, -0.05) is 11.6 Å². The van der Waals surface area contributed by atoms with Crippen LogP contribution in [0.5, 0.6) is 0 Å². The number of fused-ring (bicyclic) bond motifs is 1. The number of ketones is 1. The van der Waals surface area contributed by atoms with Crippen molar-refractivity contribution in [3.05, 3.63) is 45.7 Å². The third-order valence-corrected chi connectivity index (χ3v) is 3.26. The van der Waals surface area contributed by atoms with E-state index in [-0.39, 0.29) is 22.3 Å². The van der Waals surface area contributed by atoms with Crippen molar-refractivity contribution in [1.29, 1.82) is 0 Å². The van der Waals surface area contributed by atoms with Gasteiger partial charge in [0.2, 0.25) is 0 Å². The molecule has 19 heavy (non-hydrogen) atoms. The molecule has 0 fully saturated rings. The van der Waals surface area contributed by atoms with Crippen molar-refractivity contribution in [1.82, 2.24) is 4.57 Å². The number of hydrogen-bond donors (Lipinski definition) is 0. The van der Waals surface area contributed by atoms with Gasteiger partial charge in [-0.3, -0.25) is 9.59 Å². The zero-order valence-electron chi connectivity index (χ0n) is 12.1. The Morgan fingerprint density at radius 2 is 1.84 bits per heavy atom. The van der Waals surface area contributed by atoms with E-state index in [2.05, 4.69) is 20.8 Å². The van der Waals surface area contributed by atoms with Gasteiger partial charge in [0.1, 0.15) is 0 Å². The fraction of sp³-hybridized carbons (Fsp3) is 0.375. The lowest BCUT2D eigenvalue weighted by atomic mass is 10.0. The lowest BCUT2D eigenvalue weighted by Crippen LogP contribution is -2.27. The Labute approximate surface area is 112 Å². The fourth-order valence-corrected chi connectivity index (χ4v) is 2.25. The molecule has 1 heterocycles. The molecule has 0 radical (unpaired) electrons. The number of carbonyl (C=O) groups excluding carboxylic acids is 1. The molecule has 0 amide bonds. The second-order valence-corrected chi connectivity index (χ2v) is 5.99. The summed E-state index contributed by atoms with van der Waals surface area (Å²) in [5.74, 6) is -0.189. The Morgan fingerprint density at radius 3 is 2.37 bits per heavy atom. The van der Waals surface area contributed by atoms with Crippen LogP contribution >= 0.6 is 0 Å². The van der Waals surface area contributed by atoms with E-state index in [0.29, 0.717) is 5.39 Å². The van der Waals surface area contributed by atoms with Crippen LogP contribution in [0, 0.1) is 6.92 Å². The highest BCUT2D eigenvalue weighted by molar-refractivity contribution is 5.97. The van der Waals surface area contributed by atoms with Gasteiger partial charge < -0.3 is 4.57 Å². The molecule has 0 spiro atoms. The summed E-state index contributed by atoms with van der Waals surface area (Å²) in [6.07, 6.45) is 1.68. The number of aromatic nitrogens is 1. The van der Waals surface area contributed by atoms with Crippen molar-refractivity contribution in [2.24, 2.45) is 0 Å². The Bertz CT molecular complexity index is 718. The maximum Gasteiger partial charge on any atom is 0.200 e. The summed E-state index contributed by atoms with van der Waals surface area (Å²) in [5.41, 5.74) is 1.78. The highest BCUT2D eigenvalue weighted by Gasteiger charge is 2.19. The van der Waals surface area contributed by atoms with Crippen molar-refractivity contribution in [2.75, 3.05) is 0 Å². The average molecular weight is 257 g/mol. The normalized spacial score (nSPS) is 11.8. The van der Waals surface area contributed by atoms with Crippen LogP contribution in [-0.4, -0.2) is 10.4 Å². The minimum absolute atomic E-state index is 0.174. The average Bonchev–Trinajstić information content (AvgIpc) is 2.28. The number of pyridine rings is 1. The number of Topliss-reactive ketones (excluding diaryl/α,β-unsaturated/α-hetero) is 1. The zero-order chi connectivity index (χ0) is 14.4. The number of rotatable bonds is 1. The summed E-state index contributed by atoms with van der Waals surface area (Å²) >= 11 is 0. The Morgan fingerprint density at radius 1 is 1.21 bits per heavy atom. The van der Waals surface area contributed by atoms with Crippen molar-refractivity contribution in [3.8, 4) is 0 Å². The molecular formula is C16H19NO2. The first-order valence-corrected chi connectivity index (χ1v) is 6.39. The second-order valence-electron chi connectivity index (χ2n) is 5.99. The molecule has 0 N–H and O–H groups in total. The monoisotopic (exact) mass is 257 g/mol. The van der Waals surface area contributed by atoms with Gasteiger partial charge in [0.25, 0.3) is 0 Å². The molecule has 0 bridgehead atoms. The molecule has 100 valence electrons. The van der Waals surface area contributed by atoms with E-state index in [1.807, 2.05) is 29.7 Å². The zero-order valence-corrected chi connectivity index (χ0v) is 12.1. The van der Waals surface area contributed by atoms with Crippen molar-refractivity contribution < 1.29 is 4.79 Å². The van der Waals surface area contributed by atoms with Gasteiger partial charge in [0.15, 0.2) is 11.2 Å². The predicted molar refractivity (Wildman–Crippen MR) is 77.9 cm³/mol. The summed E-state index contributed by atoms with van der Waals surface area (Å²) in [5, 5.41) is 0.614. The number of benzene rings is 1. The number of aryl methyl sites for hydroxylation is 1. The van der Waals surface area contributed by atoms with Crippen LogP contribution in [-0.2, 0) is 5.54 Å². The molecule has 0 saturated heterocycles. The maximum atomic E-state index is 12.4. The first-order chi connectivity index (χ1) is 8.71. The molecule has 3 heteroatoms. The van der Waals surface area contributed by atoms with Crippen LogP contribution in [0.1, 0.15) is 43.6 Å². The lowest BCUT2D eigenvalue weighted by Gasteiger charge is -2.26. The summed E-state index contributed by atoms with van der Waals surface area (Å²) < 4.78 is 2.00. The number of nitrogens with zero attached hydrogens (tertiary/aromatic N) is 1.